The van der Waals surface area contributed by atoms with Gasteiger partial charge in [-0.3, -0.25) is 0 Å². The van der Waals surface area contributed by atoms with Crippen molar-refractivity contribution in [2.75, 3.05) is 0 Å². The van der Waals surface area contributed by atoms with E-state index in [9.17, 15) is 9.18 Å². The average Bonchev–Trinajstić information content (AvgIpc) is 2.33. The van der Waals surface area contributed by atoms with Crippen molar-refractivity contribution in [3.8, 4) is 0 Å². The number of ether oxygens (including phenoxy) is 1. The average molecular weight is 236 g/mol. The highest BCUT2D eigenvalue weighted by atomic mass is 19.1. The molecule has 0 bridgehead atoms. The summed E-state index contributed by atoms with van der Waals surface area (Å²) >= 11 is 0. The molecule has 0 radical (unpaired) electrons. The van der Waals surface area contributed by atoms with Crippen LogP contribution in [0.3, 0.4) is 0 Å². The van der Waals surface area contributed by atoms with Crippen LogP contribution in [-0.4, -0.2) is 12.1 Å². The Morgan fingerprint density at radius 1 is 1.18 bits per heavy atom. The molecule has 0 heterocycles. The Bertz CT molecular complexity index is 378. The molecule has 0 spiro atoms. The Kier molecular flexibility index (Phi) is 3.77. The van der Waals surface area contributed by atoms with Crippen LogP contribution in [0.25, 0.3) is 0 Å². The second kappa shape index (κ2) is 5.30. The SMILES string of the molecule is CC1CCC(OC(=O)c2ccc(F)cc2)CC1. The van der Waals surface area contributed by atoms with Gasteiger partial charge in [0.05, 0.1) is 5.56 Å². The summed E-state index contributed by atoms with van der Waals surface area (Å²) in [6.07, 6.45) is 4.13. The van der Waals surface area contributed by atoms with Crippen LogP contribution in [-0.2, 0) is 4.74 Å². The van der Waals surface area contributed by atoms with Gasteiger partial charge in [0.1, 0.15) is 11.9 Å². The van der Waals surface area contributed by atoms with Gasteiger partial charge in [0.15, 0.2) is 0 Å². The summed E-state index contributed by atoms with van der Waals surface area (Å²) < 4.78 is 18.1. The predicted molar refractivity (Wildman–Crippen MR) is 63.2 cm³/mol. The van der Waals surface area contributed by atoms with Crippen LogP contribution < -0.4 is 0 Å². The Morgan fingerprint density at radius 2 is 1.76 bits per heavy atom. The smallest absolute Gasteiger partial charge is 0.338 e. The van der Waals surface area contributed by atoms with Crippen molar-refractivity contribution >= 4 is 5.97 Å². The molecule has 0 amide bonds. The van der Waals surface area contributed by atoms with E-state index >= 15 is 0 Å². The molecule has 2 rings (SSSR count). The maximum absolute atomic E-state index is 12.7. The standard InChI is InChI=1S/C14H17FO2/c1-10-2-8-13(9-3-10)17-14(16)11-4-6-12(15)7-5-11/h4-7,10,13H,2-3,8-9H2,1H3. The number of carbonyl (C=O) groups excluding carboxylic acids is 1. The molecular formula is C14H17FO2. The third-order valence-electron chi connectivity index (χ3n) is 3.32. The Hall–Kier alpha value is -1.38. The van der Waals surface area contributed by atoms with E-state index in [1.807, 2.05) is 0 Å². The van der Waals surface area contributed by atoms with Crippen molar-refractivity contribution in [1.29, 1.82) is 0 Å². The Labute approximate surface area is 101 Å². The Morgan fingerprint density at radius 3 is 2.35 bits per heavy atom. The third-order valence-corrected chi connectivity index (χ3v) is 3.32. The number of esters is 1. The van der Waals surface area contributed by atoms with Gasteiger partial charge in [0, 0.05) is 0 Å². The van der Waals surface area contributed by atoms with Gasteiger partial charge in [-0.1, -0.05) is 6.92 Å². The van der Waals surface area contributed by atoms with E-state index in [4.69, 9.17) is 4.74 Å². The Balaban J connectivity index is 1.91. The predicted octanol–water partition coefficient (Wildman–Crippen LogP) is 3.56. The molecule has 1 saturated carbocycles. The highest BCUT2D eigenvalue weighted by molar-refractivity contribution is 5.89. The van der Waals surface area contributed by atoms with Gasteiger partial charge in [0.25, 0.3) is 0 Å². The first kappa shape index (κ1) is 12.1. The molecule has 3 heteroatoms. The quantitative estimate of drug-likeness (QED) is 0.734. The zero-order valence-corrected chi connectivity index (χ0v) is 9.99. The highest BCUT2D eigenvalue weighted by Gasteiger charge is 2.21. The lowest BCUT2D eigenvalue weighted by Crippen LogP contribution is -2.23. The maximum atomic E-state index is 12.7. The fourth-order valence-corrected chi connectivity index (χ4v) is 2.15. The molecular weight excluding hydrogens is 219 g/mol. The minimum Gasteiger partial charge on any atom is -0.459 e. The fraction of sp³-hybridized carbons (Fsp3) is 0.500. The molecule has 1 aromatic rings. The second-order valence-electron chi connectivity index (χ2n) is 4.79. The fourth-order valence-electron chi connectivity index (χ4n) is 2.15. The van der Waals surface area contributed by atoms with Gasteiger partial charge in [-0.15, -0.1) is 0 Å². The van der Waals surface area contributed by atoms with Crippen molar-refractivity contribution < 1.29 is 13.9 Å². The first-order valence-corrected chi connectivity index (χ1v) is 6.11. The van der Waals surface area contributed by atoms with Crippen molar-refractivity contribution in [3.63, 3.8) is 0 Å². The molecule has 1 aliphatic rings. The summed E-state index contributed by atoms with van der Waals surface area (Å²) in [7, 11) is 0. The zero-order valence-electron chi connectivity index (χ0n) is 9.99. The molecule has 0 saturated heterocycles. The van der Waals surface area contributed by atoms with Gasteiger partial charge < -0.3 is 4.74 Å². The summed E-state index contributed by atoms with van der Waals surface area (Å²) in [5, 5.41) is 0. The topological polar surface area (TPSA) is 26.3 Å². The van der Waals surface area contributed by atoms with E-state index in [0.717, 1.165) is 31.6 Å². The normalized spacial score (nSPS) is 24.4. The molecule has 1 aliphatic carbocycles. The lowest BCUT2D eigenvalue weighted by atomic mass is 9.89. The van der Waals surface area contributed by atoms with Gasteiger partial charge in [0.2, 0.25) is 0 Å². The summed E-state index contributed by atoms with van der Waals surface area (Å²) in [4.78, 5) is 11.8. The van der Waals surface area contributed by atoms with Crippen LogP contribution in [0.5, 0.6) is 0 Å². The van der Waals surface area contributed by atoms with Crippen LogP contribution in [0.1, 0.15) is 43.0 Å². The van der Waals surface area contributed by atoms with E-state index in [2.05, 4.69) is 6.92 Å². The van der Waals surface area contributed by atoms with Crippen LogP contribution in [0.2, 0.25) is 0 Å². The zero-order chi connectivity index (χ0) is 12.3. The van der Waals surface area contributed by atoms with Gasteiger partial charge in [-0.2, -0.15) is 0 Å². The van der Waals surface area contributed by atoms with E-state index in [-0.39, 0.29) is 17.9 Å². The van der Waals surface area contributed by atoms with E-state index in [0.29, 0.717) is 5.56 Å². The molecule has 1 fully saturated rings. The van der Waals surface area contributed by atoms with E-state index in [1.54, 1.807) is 0 Å². The molecule has 1 aromatic carbocycles. The number of rotatable bonds is 2. The van der Waals surface area contributed by atoms with Crippen LogP contribution >= 0.6 is 0 Å². The van der Waals surface area contributed by atoms with Crippen molar-refractivity contribution in [2.24, 2.45) is 5.92 Å². The van der Waals surface area contributed by atoms with Gasteiger partial charge in [-0.05, 0) is 55.9 Å². The monoisotopic (exact) mass is 236 g/mol. The van der Waals surface area contributed by atoms with Crippen LogP contribution in [0.4, 0.5) is 4.39 Å². The van der Waals surface area contributed by atoms with Gasteiger partial charge in [-0.25, -0.2) is 9.18 Å². The summed E-state index contributed by atoms with van der Waals surface area (Å²) in [5.74, 6) is 0.0494. The van der Waals surface area contributed by atoms with E-state index in [1.165, 1.54) is 24.3 Å². The number of benzene rings is 1. The molecule has 92 valence electrons. The summed E-state index contributed by atoms with van der Waals surface area (Å²) in [6, 6.07) is 5.48. The minimum absolute atomic E-state index is 0.0313. The first-order chi connectivity index (χ1) is 8.15. The molecule has 2 nitrogen and oxygen atoms in total. The lowest BCUT2D eigenvalue weighted by Gasteiger charge is -2.25. The van der Waals surface area contributed by atoms with Crippen molar-refractivity contribution in [1.82, 2.24) is 0 Å². The number of carbonyl (C=O) groups is 1. The molecule has 17 heavy (non-hydrogen) atoms. The van der Waals surface area contributed by atoms with Crippen LogP contribution in [0, 0.1) is 11.7 Å². The maximum Gasteiger partial charge on any atom is 0.338 e. The largest absolute Gasteiger partial charge is 0.459 e. The number of halogens is 1. The molecule has 0 unspecified atom stereocenters. The highest BCUT2D eigenvalue weighted by Crippen LogP contribution is 2.26. The molecule has 0 aliphatic heterocycles. The molecule has 0 N–H and O–H groups in total. The van der Waals surface area contributed by atoms with Crippen molar-refractivity contribution in [2.45, 2.75) is 38.7 Å². The van der Waals surface area contributed by atoms with Crippen LogP contribution in [0.15, 0.2) is 24.3 Å². The minimum atomic E-state index is -0.343. The second-order valence-corrected chi connectivity index (χ2v) is 4.79. The molecule has 0 aromatic heterocycles. The molecule has 0 atom stereocenters. The third kappa shape index (κ3) is 3.29. The van der Waals surface area contributed by atoms with Gasteiger partial charge >= 0.3 is 5.97 Å². The summed E-state index contributed by atoms with van der Waals surface area (Å²) in [6.45, 7) is 2.22. The number of hydrogen-bond acceptors (Lipinski definition) is 2. The first-order valence-electron chi connectivity index (χ1n) is 6.11. The van der Waals surface area contributed by atoms with Crippen molar-refractivity contribution in [3.05, 3.63) is 35.6 Å². The summed E-state index contributed by atoms with van der Waals surface area (Å²) in [5.41, 5.74) is 0.421. The lowest BCUT2D eigenvalue weighted by molar-refractivity contribution is 0.0174. The number of hydrogen-bond donors (Lipinski definition) is 0. The van der Waals surface area contributed by atoms with E-state index < -0.39 is 0 Å².